The average molecular weight is 254 g/mol. The minimum Gasteiger partial charge on any atom is -0.337 e. The quantitative estimate of drug-likeness (QED) is 0.780. The highest BCUT2D eigenvalue weighted by molar-refractivity contribution is 7.90. The summed E-state index contributed by atoms with van der Waals surface area (Å²) in [4.78, 5) is 17.8. The Labute approximate surface area is 100 Å². The number of likely N-dealkylation sites (tertiary alicyclic amines) is 1. The summed E-state index contributed by atoms with van der Waals surface area (Å²) in [5, 5.41) is 0. The number of carbonyl (C=O) groups excluding carboxylic acids is 1. The zero-order valence-corrected chi connectivity index (χ0v) is 10.4. The van der Waals surface area contributed by atoms with Gasteiger partial charge in [0.2, 0.25) is 0 Å². The van der Waals surface area contributed by atoms with E-state index in [1.54, 1.807) is 4.90 Å². The van der Waals surface area contributed by atoms with Gasteiger partial charge in [0.05, 0.1) is 4.90 Å². The Kier molecular flexibility index (Phi) is 3.15. The number of sulfone groups is 1. The van der Waals surface area contributed by atoms with Crippen molar-refractivity contribution in [2.75, 3.05) is 19.3 Å². The van der Waals surface area contributed by atoms with Crippen molar-refractivity contribution in [1.29, 1.82) is 0 Å². The number of rotatable bonds is 2. The maximum atomic E-state index is 12.0. The first-order valence-corrected chi connectivity index (χ1v) is 7.33. The van der Waals surface area contributed by atoms with Crippen LogP contribution >= 0.6 is 0 Å². The molecule has 0 radical (unpaired) electrons. The van der Waals surface area contributed by atoms with Gasteiger partial charge < -0.3 is 4.90 Å². The third-order valence-corrected chi connectivity index (χ3v) is 3.88. The molecule has 1 amide bonds. The Morgan fingerprint density at radius 1 is 1.35 bits per heavy atom. The van der Waals surface area contributed by atoms with Gasteiger partial charge in [0.1, 0.15) is 5.69 Å². The van der Waals surface area contributed by atoms with Crippen molar-refractivity contribution in [1.82, 2.24) is 9.88 Å². The monoisotopic (exact) mass is 254 g/mol. The molecule has 2 rings (SSSR count). The molecule has 0 aromatic carbocycles. The van der Waals surface area contributed by atoms with Gasteiger partial charge in [-0.05, 0) is 25.0 Å². The standard InChI is InChI=1S/C11H14N2O3S/c1-17(15,16)9-4-5-12-10(8-9)11(14)13-6-2-3-7-13/h4-5,8H,2-3,6-7H2,1H3. The molecule has 0 saturated carbocycles. The number of pyridine rings is 1. The molecule has 0 bridgehead atoms. The van der Waals surface area contributed by atoms with Crippen LogP contribution in [0.15, 0.2) is 23.2 Å². The maximum absolute atomic E-state index is 12.0. The van der Waals surface area contributed by atoms with E-state index in [2.05, 4.69) is 4.98 Å². The number of hydrogen-bond donors (Lipinski definition) is 0. The van der Waals surface area contributed by atoms with Gasteiger partial charge in [-0.15, -0.1) is 0 Å². The lowest BCUT2D eigenvalue weighted by molar-refractivity contribution is 0.0786. The normalized spacial score (nSPS) is 16.2. The van der Waals surface area contributed by atoms with E-state index in [0.29, 0.717) is 0 Å². The van der Waals surface area contributed by atoms with Gasteiger partial charge in [-0.2, -0.15) is 0 Å². The molecule has 92 valence electrons. The number of nitrogens with zero attached hydrogens (tertiary/aromatic N) is 2. The summed E-state index contributed by atoms with van der Waals surface area (Å²) in [6.45, 7) is 1.45. The van der Waals surface area contributed by atoms with Crippen LogP contribution in [0.5, 0.6) is 0 Å². The molecule has 1 aromatic rings. The third-order valence-electron chi connectivity index (χ3n) is 2.77. The van der Waals surface area contributed by atoms with Gasteiger partial charge in [-0.1, -0.05) is 0 Å². The Bertz CT molecular complexity index is 533. The molecule has 1 aromatic heterocycles. The van der Waals surface area contributed by atoms with Crippen molar-refractivity contribution in [2.45, 2.75) is 17.7 Å². The number of hydrogen-bond acceptors (Lipinski definition) is 4. The molecular weight excluding hydrogens is 240 g/mol. The van der Waals surface area contributed by atoms with Crippen molar-refractivity contribution < 1.29 is 13.2 Å². The van der Waals surface area contributed by atoms with Crippen LogP contribution in [0, 0.1) is 0 Å². The first-order valence-electron chi connectivity index (χ1n) is 5.44. The summed E-state index contributed by atoms with van der Waals surface area (Å²) < 4.78 is 22.8. The van der Waals surface area contributed by atoms with Crippen LogP contribution in [0.1, 0.15) is 23.3 Å². The Morgan fingerprint density at radius 2 is 2.00 bits per heavy atom. The van der Waals surface area contributed by atoms with Gasteiger partial charge in [0.15, 0.2) is 9.84 Å². The lowest BCUT2D eigenvalue weighted by Crippen LogP contribution is -2.28. The first kappa shape index (κ1) is 12.0. The lowest BCUT2D eigenvalue weighted by Gasteiger charge is -2.14. The van der Waals surface area contributed by atoms with Crippen LogP contribution in [0.3, 0.4) is 0 Å². The van der Waals surface area contributed by atoms with E-state index in [9.17, 15) is 13.2 Å². The van der Waals surface area contributed by atoms with E-state index >= 15 is 0 Å². The van der Waals surface area contributed by atoms with Crippen molar-refractivity contribution in [3.8, 4) is 0 Å². The van der Waals surface area contributed by atoms with Crippen LogP contribution in [0.2, 0.25) is 0 Å². The molecule has 0 spiro atoms. The van der Waals surface area contributed by atoms with E-state index in [1.165, 1.54) is 18.3 Å². The van der Waals surface area contributed by atoms with Gasteiger partial charge >= 0.3 is 0 Å². The zero-order chi connectivity index (χ0) is 12.5. The summed E-state index contributed by atoms with van der Waals surface area (Å²) in [7, 11) is -3.29. The molecule has 0 aliphatic carbocycles. The summed E-state index contributed by atoms with van der Waals surface area (Å²) in [5.74, 6) is -0.187. The Hall–Kier alpha value is -1.43. The van der Waals surface area contributed by atoms with E-state index in [1.807, 2.05) is 0 Å². The molecule has 0 atom stereocenters. The fraction of sp³-hybridized carbons (Fsp3) is 0.455. The van der Waals surface area contributed by atoms with Crippen LogP contribution in [-0.4, -0.2) is 43.6 Å². The van der Waals surface area contributed by atoms with Gasteiger partial charge in [0.25, 0.3) is 5.91 Å². The fourth-order valence-electron chi connectivity index (χ4n) is 1.84. The summed E-state index contributed by atoms with van der Waals surface area (Å²) >= 11 is 0. The first-order chi connectivity index (χ1) is 7.98. The molecule has 2 heterocycles. The minimum absolute atomic E-state index is 0.134. The van der Waals surface area contributed by atoms with E-state index < -0.39 is 9.84 Å². The van der Waals surface area contributed by atoms with Crippen molar-refractivity contribution in [3.05, 3.63) is 24.0 Å². The zero-order valence-electron chi connectivity index (χ0n) is 9.59. The average Bonchev–Trinajstić information content (AvgIpc) is 2.80. The van der Waals surface area contributed by atoms with Crippen LogP contribution in [0.4, 0.5) is 0 Å². The van der Waals surface area contributed by atoms with Crippen LogP contribution in [-0.2, 0) is 9.84 Å². The molecule has 1 aliphatic heterocycles. The molecule has 6 heteroatoms. The highest BCUT2D eigenvalue weighted by atomic mass is 32.2. The second kappa shape index (κ2) is 4.44. The highest BCUT2D eigenvalue weighted by Crippen LogP contribution is 2.14. The Balaban J connectivity index is 2.30. The van der Waals surface area contributed by atoms with Crippen molar-refractivity contribution in [3.63, 3.8) is 0 Å². The highest BCUT2D eigenvalue weighted by Gasteiger charge is 2.21. The maximum Gasteiger partial charge on any atom is 0.272 e. The number of carbonyl (C=O) groups is 1. The summed E-state index contributed by atoms with van der Waals surface area (Å²) in [6, 6.07) is 2.74. The molecule has 17 heavy (non-hydrogen) atoms. The minimum atomic E-state index is -3.29. The van der Waals surface area contributed by atoms with Crippen molar-refractivity contribution >= 4 is 15.7 Å². The predicted molar refractivity (Wildman–Crippen MR) is 62.5 cm³/mol. The smallest absolute Gasteiger partial charge is 0.272 e. The topological polar surface area (TPSA) is 67.3 Å². The van der Waals surface area contributed by atoms with Crippen LogP contribution < -0.4 is 0 Å². The largest absolute Gasteiger partial charge is 0.337 e. The lowest BCUT2D eigenvalue weighted by atomic mass is 10.3. The second-order valence-electron chi connectivity index (χ2n) is 4.15. The van der Waals surface area contributed by atoms with Gasteiger partial charge in [-0.3, -0.25) is 9.78 Å². The third kappa shape index (κ3) is 2.63. The molecule has 1 saturated heterocycles. The van der Waals surface area contributed by atoms with E-state index in [0.717, 1.165) is 32.2 Å². The van der Waals surface area contributed by atoms with Crippen molar-refractivity contribution in [2.24, 2.45) is 0 Å². The molecule has 5 nitrogen and oxygen atoms in total. The van der Waals surface area contributed by atoms with E-state index in [4.69, 9.17) is 0 Å². The summed E-state index contributed by atoms with van der Waals surface area (Å²) in [5.41, 5.74) is 0.204. The SMILES string of the molecule is CS(=O)(=O)c1ccnc(C(=O)N2CCCC2)c1. The van der Waals surface area contributed by atoms with Crippen LogP contribution in [0.25, 0.3) is 0 Å². The molecule has 0 unspecified atom stereocenters. The van der Waals surface area contributed by atoms with Gasteiger partial charge in [0, 0.05) is 25.5 Å². The molecule has 1 aliphatic rings. The number of amides is 1. The van der Waals surface area contributed by atoms with Gasteiger partial charge in [-0.25, -0.2) is 8.42 Å². The molecule has 1 fully saturated rings. The summed E-state index contributed by atoms with van der Waals surface area (Å²) in [6.07, 6.45) is 4.47. The predicted octanol–water partition coefficient (Wildman–Crippen LogP) is 0.721. The van der Waals surface area contributed by atoms with E-state index in [-0.39, 0.29) is 16.5 Å². The second-order valence-corrected chi connectivity index (χ2v) is 6.16. The Morgan fingerprint density at radius 3 is 2.59 bits per heavy atom. The molecular formula is C11H14N2O3S. The fourth-order valence-corrected chi connectivity index (χ4v) is 2.47. The number of aromatic nitrogens is 1. The molecule has 0 N–H and O–H groups in total.